The number of carbonyl (C=O) groups excluding carboxylic acids is 1. The van der Waals surface area contributed by atoms with E-state index in [0.29, 0.717) is 10.6 Å². The number of ether oxygens (including phenoxy) is 1. The molecular formula is C28H23ClN2O4. The summed E-state index contributed by atoms with van der Waals surface area (Å²) in [5, 5.41) is 20.9. The number of nitrogens with zero attached hydrogens (tertiary/aromatic N) is 2. The molecule has 0 spiro atoms. The fourth-order valence-corrected chi connectivity index (χ4v) is 4.36. The lowest BCUT2D eigenvalue weighted by Crippen LogP contribution is -2.60. The van der Waals surface area contributed by atoms with Crippen LogP contribution in [0, 0.1) is 0 Å². The van der Waals surface area contributed by atoms with Crippen molar-refractivity contribution in [3.05, 3.63) is 113 Å². The average Bonchev–Trinajstić information content (AvgIpc) is 2.89. The molecule has 1 saturated heterocycles. The molecule has 1 fully saturated rings. The number of aliphatic hydroxyl groups excluding tert-OH is 1. The van der Waals surface area contributed by atoms with Gasteiger partial charge in [0.25, 0.3) is 5.91 Å². The number of aliphatic hydroxyl groups is 1. The number of anilines is 1. The number of rotatable bonds is 7. The van der Waals surface area contributed by atoms with Crippen molar-refractivity contribution in [3.63, 3.8) is 0 Å². The van der Waals surface area contributed by atoms with Crippen LogP contribution in [0.2, 0.25) is 5.02 Å². The van der Waals surface area contributed by atoms with Gasteiger partial charge in [0, 0.05) is 23.1 Å². The maximum absolute atomic E-state index is 13.2. The number of carbonyl (C=O) groups is 1. The minimum absolute atomic E-state index is 0.0413. The summed E-state index contributed by atoms with van der Waals surface area (Å²) in [5.41, 5.74) is 4.20. The van der Waals surface area contributed by atoms with Crippen LogP contribution in [0.5, 0.6) is 5.75 Å². The molecule has 6 nitrogen and oxygen atoms in total. The molecule has 4 aromatic rings. The molecule has 0 radical (unpaired) electrons. The molecule has 3 atom stereocenters. The fourth-order valence-electron chi connectivity index (χ4n) is 4.23. The van der Waals surface area contributed by atoms with Gasteiger partial charge in [-0.25, -0.2) is 0 Å². The number of amides is 1. The van der Waals surface area contributed by atoms with Crippen molar-refractivity contribution in [3.8, 4) is 16.9 Å². The van der Waals surface area contributed by atoms with E-state index in [4.69, 9.17) is 16.3 Å². The number of aromatic hydroxyl groups is 1. The highest BCUT2D eigenvalue weighted by molar-refractivity contribution is 6.30. The third-order valence-corrected chi connectivity index (χ3v) is 6.36. The summed E-state index contributed by atoms with van der Waals surface area (Å²) in [6.07, 6.45) is 1.86. The molecular weight excluding hydrogens is 464 g/mol. The monoisotopic (exact) mass is 486 g/mol. The van der Waals surface area contributed by atoms with Crippen LogP contribution in [0.4, 0.5) is 5.69 Å². The third kappa shape index (κ3) is 4.77. The van der Waals surface area contributed by atoms with Gasteiger partial charge in [0.1, 0.15) is 11.9 Å². The minimum atomic E-state index is -0.895. The number of phenolic OH excluding ortho intramolecular Hbond substituents is 1. The van der Waals surface area contributed by atoms with Gasteiger partial charge in [-0.3, -0.25) is 14.7 Å². The van der Waals surface area contributed by atoms with Crippen molar-refractivity contribution >= 4 is 23.2 Å². The second kappa shape index (κ2) is 9.88. The molecule has 2 N–H and O–H groups in total. The summed E-state index contributed by atoms with van der Waals surface area (Å²) in [6, 6.07) is 24.7. The van der Waals surface area contributed by atoms with Crippen molar-refractivity contribution < 1.29 is 19.7 Å². The number of pyridine rings is 1. The van der Waals surface area contributed by atoms with E-state index in [2.05, 4.69) is 4.98 Å². The predicted molar refractivity (Wildman–Crippen MR) is 134 cm³/mol. The zero-order valence-corrected chi connectivity index (χ0v) is 19.4. The van der Waals surface area contributed by atoms with E-state index in [9.17, 15) is 15.0 Å². The lowest BCUT2D eigenvalue weighted by Gasteiger charge is -2.47. The maximum Gasteiger partial charge on any atom is 0.259 e. The first-order chi connectivity index (χ1) is 17.0. The summed E-state index contributed by atoms with van der Waals surface area (Å²) < 4.78 is 5.93. The van der Waals surface area contributed by atoms with Crippen molar-refractivity contribution in [2.45, 2.75) is 18.2 Å². The summed E-state index contributed by atoms with van der Waals surface area (Å²) in [5.74, 6) is -0.0529. The Kier molecular flexibility index (Phi) is 6.51. The van der Waals surface area contributed by atoms with Crippen LogP contribution in [0.25, 0.3) is 11.1 Å². The van der Waals surface area contributed by atoms with Gasteiger partial charge in [0.2, 0.25) is 0 Å². The molecule has 1 aliphatic heterocycles. The number of aromatic nitrogens is 1. The fraction of sp³-hybridized carbons (Fsp3) is 0.143. The standard InChI is InChI=1S/C28H23ClN2O4/c29-22-9-3-19(4-10-22)25(33)17-35-27-26(20-7-13-24(32)14-8-20)31(28(27)34)23-11-5-18(6-12-23)21-2-1-15-30-16-21/h1-16,25-27,32-33H,17H2/t25-,26+,27+/m0/s1. The quantitative estimate of drug-likeness (QED) is 0.346. The van der Waals surface area contributed by atoms with E-state index in [1.54, 1.807) is 65.8 Å². The zero-order chi connectivity index (χ0) is 24.4. The SMILES string of the molecule is O=C1[C@H](OC[C@H](O)c2ccc(Cl)cc2)[C@@H](c2ccc(O)cc2)N1c1ccc(-c2cccnc2)cc1. The number of β-lactam (4-membered cyclic amide) rings is 1. The van der Waals surface area contributed by atoms with Crippen LogP contribution in [0.3, 0.4) is 0 Å². The van der Waals surface area contributed by atoms with Crippen LogP contribution >= 0.6 is 11.6 Å². The van der Waals surface area contributed by atoms with Crippen molar-refractivity contribution in [2.24, 2.45) is 0 Å². The average molecular weight is 487 g/mol. The van der Waals surface area contributed by atoms with E-state index < -0.39 is 18.2 Å². The topological polar surface area (TPSA) is 82.9 Å². The van der Waals surface area contributed by atoms with E-state index in [1.165, 1.54) is 0 Å². The molecule has 1 amide bonds. The first-order valence-corrected chi connectivity index (χ1v) is 11.6. The smallest absolute Gasteiger partial charge is 0.259 e. The highest BCUT2D eigenvalue weighted by Gasteiger charge is 2.50. The molecule has 35 heavy (non-hydrogen) atoms. The summed E-state index contributed by atoms with van der Waals surface area (Å²) in [7, 11) is 0. The van der Waals surface area contributed by atoms with Crippen LogP contribution in [-0.4, -0.2) is 33.8 Å². The Bertz CT molecular complexity index is 1300. The largest absolute Gasteiger partial charge is 0.508 e. The van der Waals surface area contributed by atoms with Gasteiger partial charge in [0.05, 0.1) is 12.6 Å². The Balaban J connectivity index is 1.37. The first kappa shape index (κ1) is 23.1. The van der Waals surface area contributed by atoms with E-state index in [1.807, 2.05) is 36.4 Å². The van der Waals surface area contributed by atoms with Crippen LogP contribution in [0.15, 0.2) is 97.3 Å². The molecule has 3 aromatic carbocycles. The number of hydrogen-bond donors (Lipinski definition) is 2. The predicted octanol–water partition coefficient (Wildman–Crippen LogP) is 5.31. The molecule has 0 unspecified atom stereocenters. The minimum Gasteiger partial charge on any atom is -0.508 e. The summed E-state index contributed by atoms with van der Waals surface area (Å²) in [4.78, 5) is 19.0. The van der Waals surface area contributed by atoms with Gasteiger partial charge >= 0.3 is 0 Å². The van der Waals surface area contributed by atoms with Gasteiger partial charge in [-0.05, 0) is 64.7 Å². The number of hydrogen-bond acceptors (Lipinski definition) is 5. The van der Waals surface area contributed by atoms with Crippen molar-refractivity contribution in [1.82, 2.24) is 4.98 Å². The Morgan fingerprint density at radius 1 is 0.943 bits per heavy atom. The molecule has 0 bridgehead atoms. The van der Waals surface area contributed by atoms with E-state index >= 15 is 0 Å². The molecule has 1 aliphatic rings. The van der Waals surface area contributed by atoms with E-state index in [-0.39, 0.29) is 18.3 Å². The number of halogens is 1. The molecule has 176 valence electrons. The molecule has 5 rings (SSSR count). The number of benzene rings is 3. The Hall–Kier alpha value is -3.71. The van der Waals surface area contributed by atoms with Crippen molar-refractivity contribution in [1.29, 1.82) is 0 Å². The summed E-state index contributed by atoms with van der Waals surface area (Å²) >= 11 is 5.93. The van der Waals surface area contributed by atoms with Gasteiger partial charge in [-0.15, -0.1) is 0 Å². The zero-order valence-electron chi connectivity index (χ0n) is 18.7. The Morgan fingerprint density at radius 2 is 1.66 bits per heavy atom. The highest BCUT2D eigenvalue weighted by Crippen LogP contribution is 2.42. The highest BCUT2D eigenvalue weighted by atomic mass is 35.5. The second-order valence-electron chi connectivity index (χ2n) is 8.35. The van der Waals surface area contributed by atoms with Gasteiger partial charge in [-0.2, -0.15) is 0 Å². The van der Waals surface area contributed by atoms with Gasteiger partial charge in [-0.1, -0.05) is 54.1 Å². The molecule has 0 saturated carbocycles. The second-order valence-corrected chi connectivity index (χ2v) is 8.79. The van der Waals surface area contributed by atoms with Crippen LogP contribution in [0.1, 0.15) is 23.3 Å². The van der Waals surface area contributed by atoms with Crippen molar-refractivity contribution in [2.75, 3.05) is 11.5 Å². The molecule has 2 heterocycles. The van der Waals surface area contributed by atoms with Crippen LogP contribution < -0.4 is 4.90 Å². The lowest BCUT2D eigenvalue weighted by molar-refractivity contribution is -0.145. The lowest BCUT2D eigenvalue weighted by atomic mass is 9.89. The molecule has 7 heteroatoms. The molecule has 0 aliphatic carbocycles. The van der Waals surface area contributed by atoms with Gasteiger partial charge < -0.3 is 14.9 Å². The molecule has 1 aromatic heterocycles. The maximum atomic E-state index is 13.2. The van der Waals surface area contributed by atoms with E-state index in [0.717, 1.165) is 22.4 Å². The summed E-state index contributed by atoms with van der Waals surface area (Å²) in [6.45, 7) is -0.0413. The number of phenols is 1. The van der Waals surface area contributed by atoms with Crippen LogP contribution in [-0.2, 0) is 9.53 Å². The van der Waals surface area contributed by atoms with Gasteiger partial charge in [0.15, 0.2) is 6.10 Å². The Morgan fingerprint density at radius 3 is 2.31 bits per heavy atom. The first-order valence-electron chi connectivity index (χ1n) is 11.2. The normalized spacial score (nSPS) is 18.2. The Labute approximate surface area is 208 Å². The third-order valence-electron chi connectivity index (χ3n) is 6.11.